The molecule has 10 nitrogen and oxygen atoms in total. The van der Waals surface area contributed by atoms with Crippen LogP contribution in [-0.2, 0) is 14.3 Å². The first-order chi connectivity index (χ1) is 19.4. The number of anilines is 3. The molecule has 3 aromatic carbocycles. The average molecular weight is 545 g/mol. The minimum atomic E-state index is -0.790. The molecule has 0 spiro atoms. The third-order valence-corrected chi connectivity index (χ3v) is 5.81. The van der Waals surface area contributed by atoms with E-state index in [2.05, 4.69) is 10.6 Å². The van der Waals surface area contributed by atoms with Gasteiger partial charge in [0.05, 0.1) is 35.7 Å². The van der Waals surface area contributed by atoms with Crippen molar-refractivity contribution in [3.05, 3.63) is 96.1 Å². The maximum absolute atomic E-state index is 12.8. The number of ether oxygens (including phenoxy) is 3. The number of rotatable bonds is 13. The SMILES string of the molecule is CO[C@H](CC/C=C/C(=O)Nc1ccccc1N)[C@H](OC(=O)Nc1ccc(C#N)cc1)c1ccc(OCCO)cc1. The van der Waals surface area contributed by atoms with Crippen LogP contribution in [0.25, 0.3) is 0 Å². The van der Waals surface area contributed by atoms with Crippen LogP contribution in [0.3, 0.4) is 0 Å². The fourth-order valence-corrected chi connectivity index (χ4v) is 3.80. The fraction of sp³-hybridized carbons (Fsp3) is 0.233. The Kier molecular flexibility index (Phi) is 11.5. The minimum absolute atomic E-state index is 0.112. The van der Waals surface area contributed by atoms with E-state index in [-0.39, 0.29) is 19.1 Å². The Morgan fingerprint density at radius 2 is 1.77 bits per heavy atom. The first-order valence-corrected chi connectivity index (χ1v) is 12.6. The van der Waals surface area contributed by atoms with Crippen LogP contribution in [0, 0.1) is 11.3 Å². The highest BCUT2D eigenvalue weighted by Crippen LogP contribution is 2.29. The monoisotopic (exact) mass is 544 g/mol. The molecule has 208 valence electrons. The highest BCUT2D eigenvalue weighted by Gasteiger charge is 2.27. The van der Waals surface area contributed by atoms with Gasteiger partial charge in [-0.05, 0) is 73.0 Å². The molecular formula is C30H32N4O6. The molecule has 10 heteroatoms. The van der Waals surface area contributed by atoms with Gasteiger partial charge in [-0.3, -0.25) is 10.1 Å². The quantitative estimate of drug-likeness (QED) is 0.177. The molecular weight excluding hydrogens is 512 g/mol. The Morgan fingerprint density at radius 3 is 2.42 bits per heavy atom. The van der Waals surface area contributed by atoms with Crippen LogP contribution in [0.1, 0.15) is 30.1 Å². The smallest absolute Gasteiger partial charge is 0.412 e. The molecule has 0 saturated carbocycles. The maximum Gasteiger partial charge on any atom is 0.412 e. The molecule has 0 radical (unpaired) electrons. The van der Waals surface area contributed by atoms with Crippen molar-refractivity contribution in [1.29, 1.82) is 5.26 Å². The number of nitrogens with two attached hydrogens (primary N) is 1. The Labute approximate surface area is 233 Å². The van der Waals surface area contributed by atoms with Gasteiger partial charge in [-0.15, -0.1) is 0 Å². The molecule has 3 aromatic rings. The van der Waals surface area contributed by atoms with E-state index in [1.807, 2.05) is 6.07 Å². The van der Waals surface area contributed by atoms with Crippen LogP contribution in [0.5, 0.6) is 5.75 Å². The standard InChI is InChI=1S/C30H32N4O6/c1-38-27(8-4-5-9-28(36)34-26-7-3-2-6-25(26)32)29(22-12-16-24(17-13-22)39-19-18-35)40-30(37)33-23-14-10-21(20-31)11-15-23/h2-3,5-7,9-17,27,29,35H,4,8,18-19,32H2,1H3,(H,33,37)(H,34,36)/b9-5+/t27-,29-/m1/s1. The van der Waals surface area contributed by atoms with Crippen molar-refractivity contribution in [3.63, 3.8) is 0 Å². The highest BCUT2D eigenvalue weighted by atomic mass is 16.6. The van der Waals surface area contributed by atoms with Gasteiger partial charge >= 0.3 is 6.09 Å². The molecule has 0 heterocycles. The van der Waals surface area contributed by atoms with Crippen LogP contribution in [-0.4, -0.2) is 43.5 Å². The normalized spacial score (nSPS) is 12.2. The first kappa shape index (κ1) is 29.7. The number of carbonyl (C=O) groups is 2. The van der Waals surface area contributed by atoms with E-state index < -0.39 is 18.3 Å². The van der Waals surface area contributed by atoms with E-state index in [0.29, 0.717) is 46.8 Å². The van der Waals surface area contributed by atoms with Crippen LogP contribution in [0.2, 0.25) is 0 Å². The van der Waals surface area contributed by atoms with Crippen molar-refractivity contribution >= 4 is 29.1 Å². The van der Waals surface area contributed by atoms with Gasteiger partial charge in [0.2, 0.25) is 5.91 Å². The second kappa shape index (κ2) is 15.5. The van der Waals surface area contributed by atoms with Crippen LogP contribution < -0.4 is 21.1 Å². The highest BCUT2D eigenvalue weighted by molar-refractivity contribution is 6.01. The summed E-state index contributed by atoms with van der Waals surface area (Å²) in [6, 6.07) is 22.3. The number of carbonyl (C=O) groups excluding carboxylic acids is 2. The summed E-state index contributed by atoms with van der Waals surface area (Å²) in [7, 11) is 1.52. The van der Waals surface area contributed by atoms with E-state index in [9.17, 15) is 9.59 Å². The lowest BCUT2D eigenvalue weighted by molar-refractivity contribution is -0.111. The van der Waals surface area contributed by atoms with Crippen molar-refractivity contribution in [2.75, 3.05) is 36.7 Å². The predicted octanol–water partition coefficient (Wildman–Crippen LogP) is 4.79. The number of hydrogen-bond acceptors (Lipinski definition) is 8. The Hall–Kier alpha value is -4.85. The van der Waals surface area contributed by atoms with E-state index in [0.717, 1.165) is 0 Å². The Balaban J connectivity index is 1.68. The second-order valence-electron chi connectivity index (χ2n) is 8.61. The molecule has 0 aliphatic carbocycles. The van der Waals surface area contributed by atoms with Crippen molar-refractivity contribution in [1.82, 2.24) is 0 Å². The number of aliphatic hydroxyl groups is 1. The van der Waals surface area contributed by atoms with Crippen molar-refractivity contribution in [2.45, 2.75) is 25.0 Å². The number of allylic oxidation sites excluding steroid dienone is 1. The van der Waals surface area contributed by atoms with Crippen molar-refractivity contribution < 1.29 is 28.9 Å². The number of nitrogens with one attached hydrogen (secondary N) is 2. The molecule has 0 unspecified atom stereocenters. The lowest BCUT2D eigenvalue weighted by atomic mass is 10.00. The van der Waals surface area contributed by atoms with Gasteiger partial charge in [-0.25, -0.2) is 4.79 Å². The number of benzene rings is 3. The third kappa shape index (κ3) is 9.16. The first-order valence-electron chi connectivity index (χ1n) is 12.6. The summed E-state index contributed by atoms with van der Waals surface area (Å²) in [5.41, 5.74) is 8.47. The van der Waals surface area contributed by atoms with E-state index >= 15 is 0 Å². The number of aliphatic hydroxyl groups excluding tert-OH is 1. The second-order valence-corrected chi connectivity index (χ2v) is 8.61. The molecule has 3 rings (SSSR count). The molecule has 0 bridgehead atoms. The fourth-order valence-electron chi connectivity index (χ4n) is 3.80. The van der Waals surface area contributed by atoms with Crippen LogP contribution >= 0.6 is 0 Å². The third-order valence-electron chi connectivity index (χ3n) is 5.81. The molecule has 0 aliphatic heterocycles. The number of para-hydroxylation sites is 2. The molecule has 0 fully saturated rings. The molecule has 0 aromatic heterocycles. The van der Waals surface area contributed by atoms with Gasteiger partial charge in [0.15, 0.2) is 6.10 Å². The van der Waals surface area contributed by atoms with Crippen LogP contribution in [0.15, 0.2) is 84.9 Å². The van der Waals surface area contributed by atoms with Crippen molar-refractivity contribution in [3.8, 4) is 11.8 Å². The summed E-state index contributed by atoms with van der Waals surface area (Å²) in [6.45, 7) is 0.0444. The molecule has 5 N–H and O–H groups in total. The van der Waals surface area contributed by atoms with Crippen molar-refractivity contribution in [2.24, 2.45) is 0 Å². The maximum atomic E-state index is 12.8. The lowest BCUT2D eigenvalue weighted by Crippen LogP contribution is -2.28. The van der Waals surface area contributed by atoms with Gasteiger partial charge in [-0.1, -0.05) is 30.3 Å². The molecule has 0 aliphatic rings. The molecule has 2 amide bonds. The summed E-state index contributed by atoms with van der Waals surface area (Å²) >= 11 is 0. The topological polar surface area (TPSA) is 156 Å². The number of nitriles is 1. The summed E-state index contributed by atoms with van der Waals surface area (Å²) in [6.07, 6.45) is 1.99. The number of nitrogens with zero attached hydrogens (tertiary/aromatic N) is 1. The van der Waals surface area contributed by atoms with Gasteiger partial charge in [-0.2, -0.15) is 5.26 Å². The average Bonchev–Trinajstić information content (AvgIpc) is 2.97. The van der Waals surface area contributed by atoms with E-state index in [1.165, 1.54) is 13.2 Å². The zero-order valence-electron chi connectivity index (χ0n) is 22.1. The van der Waals surface area contributed by atoms with Gasteiger partial charge < -0.3 is 30.4 Å². The predicted molar refractivity (Wildman–Crippen MR) is 152 cm³/mol. The Morgan fingerprint density at radius 1 is 1.05 bits per heavy atom. The van der Waals surface area contributed by atoms with Gasteiger partial charge in [0.1, 0.15) is 12.4 Å². The van der Waals surface area contributed by atoms with E-state index in [4.69, 9.17) is 30.3 Å². The Bertz CT molecular complexity index is 1320. The summed E-state index contributed by atoms with van der Waals surface area (Å²) in [5, 5.41) is 23.4. The van der Waals surface area contributed by atoms with Gasteiger partial charge in [0.25, 0.3) is 0 Å². The summed E-state index contributed by atoms with van der Waals surface area (Å²) in [4.78, 5) is 25.1. The van der Waals surface area contributed by atoms with Gasteiger partial charge in [0, 0.05) is 12.8 Å². The summed E-state index contributed by atoms with van der Waals surface area (Å²) in [5.74, 6) is 0.237. The minimum Gasteiger partial charge on any atom is -0.491 e. The number of amides is 2. The molecule has 0 saturated heterocycles. The summed E-state index contributed by atoms with van der Waals surface area (Å²) < 4.78 is 16.9. The largest absolute Gasteiger partial charge is 0.491 e. The molecule has 2 atom stereocenters. The zero-order chi connectivity index (χ0) is 28.7. The molecule has 40 heavy (non-hydrogen) atoms. The number of nitrogen functional groups attached to an aromatic ring is 1. The van der Waals surface area contributed by atoms with E-state index in [1.54, 1.807) is 78.9 Å². The lowest BCUT2D eigenvalue weighted by Gasteiger charge is -2.26. The number of methoxy groups -OCH3 is 1. The van der Waals surface area contributed by atoms with Crippen LogP contribution in [0.4, 0.5) is 21.9 Å². The number of hydrogen-bond donors (Lipinski definition) is 4. The zero-order valence-corrected chi connectivity index (χ0v) is 22.1.